The number of fused-ring (bicyclic) bond motifs is 1. The van der Waals surface area contributed by atoms with Crippen molar-refractivity contribution in [3.05, 3.63) is 0 Å². The lowest BCUT2D eigenvalue weighted by molar-refractivity contribution is -0.00887. The van der Waals surface area contributed by atoms with E-state index >= 15 is 0 Å². The van der Waals surface area contributed by atoms with Gasteiger partial charge in [-0.25, -0.2) is 0 Å². The second-order valence-electron chi connectivity index (χ2n) is 6.75. The highest BCUT2D eigenvalue weighted by molar-refractivity contribution is 5.04. The predicted octanol–water partition coefficient (Wildman–Crippen LogP) is 2.20. The van der Waals surface area contributed by atoms with Gasteiger partial charge in [0.25, 0.3) is 0 Å². The Morgan fingerprint density at radius 1 is 1.20 bits per heavy atom. The first-order valence-corrected chi connectivity index (χ1v) is 6.38. The molecule has 0 N–H and O–H groups in total. The molecule has 2 aliphatic heterocycles. The van der Waals surface area contributed by atoms with Gasteiger partial charge in [0.1, 0.15) is 0 Å². The van der Waals surface area contributed by atoms with Crippen LogP contribution in [0.1, 0.15) is 41.0 Å². The third kappa shape index (κ3) is 2.21. The minimum absolute atomic E-state index is 0.455. The SMILES string of the molecule is CC(C)N1CCC2C1CN2CC(C)(C)C. The molecule has 88 valence electrons. The topological polar surface area (TPSA) is 6.48 Å². The number of hydrogen-bond acceptors (Lipinski definition) is 2. The maximum absolute atomic E-state index is 2.69. The van der Waals surface area contributed by atoms with Crippen LogP contribution < -0.4 is 0 Å². The largest absolute Gasteiger partial charge is 0.297 e. The van der Waals surface area contributed by atoms with Gasteiger partial charge < -0.3 is 0 Å². The van der Waals surface area contributed by atoms with Gasteiger partial charge in [0.15, 0.2) is 0 Å². The monoisotopic (exact) mass is 210 g/mol. The number of rotatable bonds is 2. The van der Waals surface area contributed by atoms with E-state index in [0.717, 1.165) is 18.1 Å². The first kappa shape index (κ1) is 11.4. The molecule has 2 unspecified atom stereocenters. The normalized spacial score (nSPS) is 33.2. The zero-order valence-corrected chi connectivity index (χ0v) is 11.0. The van der Waals surface area contributed by atoms with Crippen LogP contribution in [0.3, 0.4) is 0 Å². The smallest absolute Gasteiger partial charge is 0.0382 e. The number of hydrogen-bond donors (Lipinski definition) is 0. The molecule has 0 aliphatic carbocycles. The Labute approximate surface area is 94.6 Å². The minimum Gasteiger partial charge on any atom is -0.297 e. The van der Waals surface area contributed by atoms with Crippen LogP contribution in [0.2, 0.25) is 0 Å². The molecule has 15 heavy (non-hydrogen) atoms. The lowest BCUT2D eigenvalue weighted by atomic mass is 9.89. The summed E-state index contributed by atoms with van der Waals surface area (Å²) in [5.41, 5.74) is 0.455. The third-order valence-corrected chi connectivity index (χ3v) is 3.78. The Hall–Kier alpha value is -0.0800. The van der Waals surface area contributed by atoms with Crippen molar-refractivity contribution in [3.8, 4) is 0 Å². The lowest BCUT2D eigenvalue weighted by Crippen LogP contribution is -2.63. The molecule has 0 aromatic rings. The maximum atomic E-state index is 2.69. The summed E-state index contributed by atoms with van der Waals surface area (Å²) in [5.74, 6) is 0. The van der Waals surface area contributed by atoms with Gasteiger partial charge in [-0.3, -0.25) is 9.80 Å². The van der Waals surface area contributed by atoms with Crippen molar-refractivity contribution in [2.75, 3.05) is 19.6 Å². The van der Waals surface area contributed by atoms with Crippen LogP contribution in [-0.4, -0.2) is 47.6 Å². The lowest BCUT2D eigenvalue weighted by Gasteiger charge is -2.50. The number of nitrogens with zero attached hydrogens (tertiary/aromatic N) is 2. The van der Waals surface area contributed by atoms with Crippen LogP contribution in [0, 0.1) is 5.41 Å². The molecule has 0 bridgehead atoms. The molecule has 2 aliphatic rings. The first-order chi connectivity index (χ1) is 6.88. The molecule has 2 fully saturated rings. The van der Waals surface area contributed by atoms with Crippen molar-refractivity contribution in [2.45, 2.75) is 59.2 Å². The molecule has 2 saturated heterocycles. The van der Waals surface area contributed by atoms with Crippen LogP contribution in [0.15, 0.2) is 0 Å². The van der Waals surface area contributed by atoms with Crippen molar-refractivity contribution < 1.29 is 0 Å². The van der Waals surface area contributed by atoms with E-state index in [-0.39, 0.29) is 0 Å². The Morgan fingerprint density at radius 3 is 2.40 bits per heavy atom. The van der Waals surface area contributed by atoms with Gasteiger partial charge in [-0.1, -0.05) is 20.8 Å². The molecule has 2 atom stereocenters. The summed E-state index contributed by atoms with van der Waals surface area (Å²) in [4.78, 5) is 5.37. The minimum atomic E-state index is 0.455. The molecule has 2 rings (SSSR count). The van der Waals surface area contributed by atoms with E-state index in [9.17, 15) is 0 Å². The summed E-state index contributed by atoms with van der Waals surface area (Å²) >= 11 is 0. The van der Waals surface area contributed by atoms with E-state index in [2.05, 4.69) is 44.4 Å². The number of likely N-dealkylation sites (tertiary alicyclic amines) is 2. The highest BCUT2D eigenvalue weighted by Gasteiger charge is 2.47. The first-order valence-electron chi connectivity index (χ1n) is 6.38. The fraction of sp³-hybridized carbons (Fsp3) is 1.00. The van der Waals surface area contributed by atoms with Gasteiger partial charge in [-0.15, -0.1) is 0 Å². The molecule has 0 saturated carbocycles. The van der Waals surface area contributed by atoms with Crippen LogP contribution in [0.4, 0.5) is 0 Å². The summed E-state index contributed by atoms with van der Waals surface area (Å²) in [5, 5.41) is 0. The van der Waals surface area contributed by atoms with Crippen LogP contribution in [-0.2, 0) is 0 Å². The second kappa shape index (κ2) is 3.74. The van der Waals surface area contributed by atoms with Crippen LogP contribution in [0.25, 0.3) is 0 Å². The average Bonchev–Trinajstić information content (AvgIpc) is 2.37. The van der Waals surface area contributed by atoms with Gasteiger partial charge >= 0.3 is 0 Å². The third-order valence-electron chi connectivity index (χ3n) is 3.78. The predicted molar refractivity (Wildman–Crippen MR) is 65.1 cm³/mol. The molecule has 0 spiro atoms. The van der Waals surface area contributed by atoms with Crippen molar-refractivity contribution >= 4 is 0 Å². The Morgan fingerprint density at radius 2 is 1.87 bits per heavy atom. The van der Waals surface area contributed by atoms with Crippen molar-refractivity contribution in [3.63, 3.8) is 0 Å². The van der Waals surface area contributed by atoms with E-state index in [1.54, 1.807) is 0 Å². The van der Waals surface area contributed by atoms with Crippen LogP contribution in [0.5, 0.6) is 0 Å². The molecule has 0 aromatic heterocycles. The van der Waals surface area contributed by atoms with Gasteiger partial charge in [-0.2, -0.15) is 0 Å². The highest BCUT2D eigenvalue weighted by atomic mass is 15.4. The van der Waals surface area contributed by atoms with Crippen LogP contribution >= 0.6 is 0 Å². The molecule has 0 aromatic carbocycles. The van der Waals surface area contributed by atoms with Gasteiger partial charge in [-0.05, 0) is 25.7 Å². The summed E-state index contributed by atoms with van der Waals surface area (Å²) in [6, 6.07) is 2.47. The second-order valence-corrected chi connectivity index (χ2v) is 6.75. The Kier molecular flexibility index (Phi) is 2.85. The van der Waals surface area contributed by atoms with E-state index in [0.29, 0.717) is 5.41 Å². The van der Waals surface area contributed by atoms with Crippen molar-refractivity contribution in [1.82, 2.24) is 9.80 Å². The summed E-state index contributed by atoms with van der Waals surface area (Å²) in [6.45, 7) is 15.6. The Bertz CT molecular complexity index is 229. The fourth-order valence-corrected chi connectivity index (χ4v) is 3.18. The van der Waals surface area contributed by atoms with E-state index < -0.39 is 0 Å². The fourth-order valence-electron chi connectivity index (χ4n) is 3.18. The molecule has 2 nitrogen and oxygen atoms in total. The van der Waals surface area contributed by atoms with E-state index in [4.69, 9.17) is 0 Å². The molecular weight excluding hydrogens is 184 g/mol. The zero-order chi connectivity index (χ0) is 11.2. The standard InChI is InChI=1S/C13H26N2/c1-10(2)15-7-6-11-12(15)8-14(11)9-13(3,4)5/h10-12H,6-9H2,1-5H3. The van der Waals surface area contributed by atoms with Crippen molar-refractivity contribution in [1.29, 1.82) is 0 Å². The quantitative estimate of drug-likeness (QED) is 0.689. The van der Waals surface area contributed by atoms with Gasteiger partial charge in [0.05, 0.1) is 0 Å². The van der Waals surface area contributed by atoms with Gasteiger partial charge in [0, 0.05) is 37.8 Å². The maximum Gasteiger partial charge on any atom is 0.0382 e. The summed E-state index contributed by atoms with van der Waals surface area (Å²) < 4.78 is 0. The van der Waals surface area contributed by atoms with E-state index in [1.165, 1.54) is 26.1 Å². The molecule has 2 heterocycles. The zero-order valence-electron chi connectivity index (χ0n) is 11.0. The molecule has 2 heteroatoms. The van der Waals surface area contributed by atoms with Gasteiger partial charge in [0.2, 0.25) is 0 Å². The molecular formula is C13H26N2. The summed E-state index contributed by atoms with van der Waals surface area (Å²) in [7, 11) is 0. The molecule has 0 amide bonds. The Balaban J connectivity index is 1.88. The summed E-state index contributed by atoms with van der Waals surface area (Å²) in [6.07, 6.45) is 1.39. The highest BCUT2D eigenvalue weighted by Crippen LogP contribution is 2.35. The van der Waals surface area contributed by atoms with Crippen molar-refractivity contribution in [2.24, 2.45) is 5.41 Å². The molecule has 0 radical (unpaired) electrons. The average molecular weight is 210 g/mol. The van der Waals surface area contributed by atoms with E-state index in [1.807, 2.05) is 0 Å².